The summed E-state index contributed by atoms with van der Waals surface area (Å²) < 4.78 is 40.0. The molecule has 0 unspecified atom stereocenters. The van der Waals surface area contributed by atoms with Crippen molar-refractivity contribution in [2.75, 3.05) is 5.32 Å². The van der Waals surface area contributed by atoms with Crippen molar-refractivity contribution >= 4 is 44.5 Å². The first-order valence-electron chi connectivity index (χ1n) is 5.39. The molecule has 7 heteroatoms. The molecule has 2 aromatic rings. The fourth-order valence-electron chi connectivity index (χ4n) is 1.53. The molecule has 2 rings (SSSR count). The molecular formula is C13H8BrF3N2S. The van der Waals surface area contributed by atoms with Crippen LogP contribution in [0.1, 0.15) is 5.56 Å². The maximum Gasteiger partial charge on any atom is 0.161 e. The van der Waals surface area contributed by atoms with Crippen LogP contribution in [0.25, 0.3) is 0 Å². The fourth-order valence-corrected chi connectivity index (χ4v) is 2.14. The van der Waals surface area contributed by atoms with Gasteiger partial charge in [-0.05, 0) is 34.1 Å². The third kappa shape index (κ3) is 3.10. The van der Waals surface area contributed by atoms with Gasteiger partial charge >= 0.3 is 0 Å². The van der Waals surface area contributed by atoms with Gasteiger partial charge in [0.15, 0.2) is 11.6 Å². The Morgan fingerprint density at radius 3 is 2.25 bits per heavy atom. The molecule has 0 aliphatic carbocycles. The van der Waals surface area contributed by atoms with Gasteiger partial charge < -0.3 is 11.1 Å². The Kier molecular flexibility index (Phi) is 4.29. The molecule has 0 bridgehead atoms. The van der Waals surface area contributed by atoms with E-state index >= 15 is 0 Å². The van der Waals surface area contributed by atoms with E-state index < -0.39 is 17.5 Å². The number of nitrogens with one attached hydrogen (secondary N) is 1. The first kappa shape index (κ1) is 14.8. The van der Waals surface area contributed by atoms with Crippen molar-refractivity contribution in [3.8, 4) is 0 Å². The molecule has 104 valence electrons. The van der Waals surface area contributed by atoms with Crippen molar-refractivity contribution < 1.29 is 13.2 Å². The van der Waals surface area contributed by atoms with Crippen LogP contribution in [-0.4, -0.2) is 4.99 Å². The van der Waals surface area contributed by atoms with Crippen LogP contribution in [0.4, 0.5) is 24.5 Å². The Hall–Kier alpha value is -1.60. The molecule has 0 radical (unpaired) electrons. The van der Waals surface area contributed by atoms with Gasteiger partial charge in [0.1, 0.15) is 10.8 Å². The van der Waals surface area contributed by atoms with Gasteiger partial charge in [-0.3, -0.25) is 0 Å². The molecule has 0 saturated heterocycles. The predicted molar refractivity (Wildman–Crippen MR) is 79.6 cm³/mol. The van der Waals surface area contributed by atoms with Gasteiger partial charge in [-0.1, -0.05) is 12.2 Å². The molecule has 20 heavy (non-hydrogen) atoms. The second-order valence-electron chi connectivity index (χ2n) is 3.93. The summed E-state index contributed by atoms with van der Waals surface area (Å²) in [5.41, 5.74) is 6.41. The van der Waals surface area contributed by atoms with Crippen LogP contribution in [-0.2, 0) is 0 Å². The molecule has 0 atom stereocenters. The third-order valence-corrected chi connectivity index (χ3v) is 3.42. The Bertz CT molecular complexity index is 692. The van der Waals surface area contributed by atoms with Gasteiger partial charge in [0.2, 0.25) is 0 Å². The van der Waals surface area contributed by atoms with Crippen LogP contribution in [0, 0.1) is 17.5 Å². The van der Waals surface area contributed by atoms with Crippen LogP contribution < -0.4 is 11.1 Å². The Morgan fingerprint density at radius 2 is 1.65 bits per heavy atom. The summed E-state index contributed by atoms with van der Waals surface area (Å²) in [5.74, 6) is -3.27. The van der Waals surface area contributed by atoms with E-state index in [1.54, 1.807) is 18.2 Å². The maximum atomic E-state index is 13.5. The lowest BCUT2D eigenvalue weighted by atomic mass is 10.2. The first-order valence-corrected chi connectivity index (χ1v) is 6.59. The second kappa shape index (κ2) is 5.80. The summed E-state index contributed by atoms with van der Waals surface area (Å²) in [5, 5.41) is 2.66. The summed E-state index contributed by atoms with van der Waals surface area (Å²) in [6.07, 6.45) is 0. The highest BCUT2D eigenvalue weighted by Crippen LogP contribution is 2.29. The first-order chi connectivity index (χ1) is 9.38. The van der Waals surface area contributed by atoms with Gasteiger partial charge in [0.25, 0.3) is 0 Å². The number of halogens is 4. The van der Waals surface area contributed by atoms with E-state index in [1.165, 1.54) is 0 Å². The topological polar surface area (TPSA) is 38.0 Å². The Balaban J connectivity index is 2.35. The molecule has 0 heterocycles. The monoisotopic (exact) mass is 360 g/mol. The van der Waals surface area contributed by atoms with E-state index in [0.717, 1.165) is 6.07 Å². The lowest BCUT2D eigenvalue weighted by molar-refractivity contribution is 0.496. The van der Waals surface area contributed by atoms with Crippen LogP contribution in [0.15, 0.2) is 34.8 Å². The van der Waals surface area contributed by atoms with E-state index in [4.69, 9.17) is 18.0 Å². The van der Waals surface area contributed by atoms with Gasteiger partial charge in [-0.25, -0.2) is 13.2 Å². The number of hydrogen-bond donors (Lipinski definition) is 2. The molecule has 0 spiro atoms. The quantitative estimate of drug-likeness (QED) is 0.634. The van der Waals surface area contributed by atoms with Gasteiger partial charge in [0.05, 0.1) is 11.4 Å². The molecule has 0 amide bonds. The zero-order valence-corrected chi connectivity index (χ0v) is 12.3. The number of anilines is 2. The van der Waals surface area contributed by atoms with Crippen molar-refractivity contribution in [3.63, 3.8) is 0 Å². The summed E-state index contributed by atoms with van der Waals surface area (Å²) in [6.45, 7) is 0. The summed E-state index contributed by atoms with van der Waals surface area (Å²) in [4.78, 5) is 0.219. The summed E-state index contributed by atoms with van der Waals surface area (Å²) >= 11 is 8.09. The van der Waals surface area contributed by atoms with Gasteiger partial charge in [-0.2, -0.15) is 0 Å². The molecule has 2 aromatic carbocycles. The molecule has 0 aromatic heterocycles. The van der Waals surface area contributed by atoms with Crippen LogP contribution in [0.2, 0.25) is 0 Å². The Labute approximate surface area is 126 Å². The van der Waals surface area contributed by atoms with Crippen molar-refractivity contribution in [1.29, 1.82) is 0 Å². The highest BCUT2D eigenvalue weighted by molar-refractivity contribution is 9.10. The molecule has 0 fully saturated rings. The van der Waals surface area contributed by atoms with E-state index in [-0.39, 0.29) is 10.7 Å². The number of hydrogen-bond acceptors (Lipinski definition) is 2. The van der Waals surface area contributed by atoms with Gasteiger partial charge in [0, 0.05) is 22.2 Å². The molecule has 0 saturated carbocycles. The average Bonchev–Trinajstić information content (AvgIpc) is 2.37. The molecule has 3 N–H and O–H groups in total. The van der Waals surface area contributed by atoms with Crippen molar-refractivity contribution in [2.45, 2.75) is 0 Å². The average molecular weight is 361 g/mol. The molecule has 0 aliphatic rings. The smallest absolute Gasteiger partial charge is 0.161 e. The zero-order valence-electron chi connectivity index (χ0n) is 9.88. The largest absolute Gasteiger partial charge is 0.389 e. The summed E-state index contributed by atoms with van der Waals surface area (Å²) in [7, 11) is 0. The predicted octanol–water partition coefficient (Wildman–Crippen LogP) is 4.24. The minimum absolute atomic E-state index is 0.173. The second-order valence-corrected chi connectivity index (χ2v) is 5.22. The van der Waals surface area contributed by atoms with Crippen LogP contribution in [0.3, 0.4) is 0 Å². The van der Waals surface area contributed by atoms with Crippen molar-refractivity contribution in [3.05, 3.63) is 57.8 Å². The number of thiocarbonyl (C=S) groups is 1. The third-order valence-electron chi connectivity index (χ3n) is 2.53. The normalized spacial score (nSPS) is 10.4. The fraction of sp³-hybridized carbons (Fsp3) is 0. The van der Waals surface area contributed by atoms with Gasteiger partial charge in [-0.15, -0.1) is 0 Å². The lowest BCUT2D eigenvalue weighted by Gasteiger charge is -2.11. The van der Waals surface area contributed by atoms with E-state index in [9.17, 15) is 13.2 Å². The highest BCUT2D eigenvalue weighted by atomic mass is 79.9. The molecule has 0 aliphatic heterocycles. The standard InChI is InChI=1S/C13H8BrF3N2S/c14-7-3-6(13(18)20)1-2-11(7)19-12-5-9(16)8(15)4-10(12)17/h1-5,19H,(H2,18,20). The van der Waals surface area contributed by atoms with Crippen LogP contribution >= 0.6 is 28.1 Å². The number of rotatable bonds is 3. The van der Waals surface area contributed by atoms with E-state index in [2.05, 4.69) is 21.2 Å². The zero-order chi connectivity index (χ0) is 14.9. The number of nitrogens with two attached hydrogens (primary N) is 1. The highest BCUT2D eigenvalue weighted by Gasteiger charge is 2.11. The van der Waals surface area contributed by atoms with E-state index in [1.807, 2.05) is 0 Å². The van der Waals surface area contributed by atoms with Crippen molar-refractivity contribution in [2.24, 2.45) is 5.73 Å². The maximum absolute atomic E-state index is 13.5. The summed E-state index contributed by atoms with van der Waals surface area (Å²) in [6, 6.07) is 6.10. The lowest BCUT2D eigenvalue weighted by Crippen LogP contribution is -2.09. The van der Waals surface area contributed by atoms with Crippen molar-refractivity contribution in [1.82, 2.24) is 0 Å². The SMILES string of the molecule is NC(=S)c1ccc(Nc2cc(F)c(F)cc2F)c(Br)c1. The Morgan fingerprint density at radius 1 is 1.00 bits per heavy atom. The van der Waals surface area contributed by atoms with E-state index in [0.29, 0.717) is 21.8 Å². The molecule has 2 nitrogen and oxygen atoms in total. The molecular weight excluding hydrogens is 353 g/mol. The minimum Gasteiger partial charge on any atom is -0.389 e. The number of benzene rings is 2. The minimum atomic E-state index is -1.24. The van der Waals surface area contributed by atoms with Crippen LogP contribution in [0.5, 0.6) is 0 Å².